The van der Waals surface area contributed by atoms with E-state index in [-0.39, 0.29) is 34.7 Å². The van der Waals surface area contributed by atoms with Crippen LogP contribution in [0.1, 0.15) is 17.5 Å². The minimum Gasteiger partial charge on any atom is -0.395 e. The summed E-state index contributed by atoms with van der Waals surface area (Å²) in [5.41, 5.74) is 0.619. The van der Waals surface area contributed by atoms with Crippen molar-refractivity contribution in [2.45, 2.75) is 13.2 Å². The molecule has 11 nitrogen and oxygen atoms in total. The van der Waals surface area contributed by atoms with Gasteiger partial charge in [0.2, 0.25) is 23.6 Å². The number of hydrogen-bond donors (Lipinski definition) is 4. The van der Waals surface area contributed by atoms with Crippen molar-refractivity contribution < 1.29 is 27.8 Å². The van der Waals surface area contributed by atoms with Crippen molar-refractivity contribution in [1.82, 2.24) is 25.1 Å². The fraction of sp³-hybridized carbons (Fsp3) is 0.154. The smallest absolute Gasteiger partial charge is 0.395 e. The third-order valence-corrected chi connectivity index (χ3v) is 3.23. The number of imidazole rings is 1. The summed E-state index contributed by atoms with van der Waals surface area (Å²) in [4.78, 5) is 33.6. The van der Waals surface area contributed by atoms with Crippen LogP contribution in [-0.2, 0) is 4.79 Å². The lowest BCUT2D eigenvalue weighted by molar-refractivity contribution is -0.286. The van der Waals surface area contributed by atoms with Crippen LogP contribution in [-0.4, -0.2) is 43.3 Å². The molecule has 0 atom stereocenters. The van der Waals surface area contributed by atoms with Crippen LogP contribution in [0.5, 0.6) is 11.5 Å². The lowest BCUT2D eigenvalue weighted by atomic mass is 10.3. The van der Waals surface area contributed by atoms with Crippen molar-refractivity contribution in [2.24, 2.45) is 0 Å². The van der Waals surface area contributed by atoms with Gasteiger partial charge >= 0.3 is 6.29 Å². The lowest BCUT2D eigenvalue weighted by Crippen LogP contribution is -2.25. The zero-order chi connectivity index (χ0) is 18.5. The van der Waals surface area contributed by atoms with Crippen molar-refractivity contribution in [3.8, 4) is 11.5 Å². The minimum atomic E-state index is -3.73. The zero-order valence-electron chi connectivity index (χ0n) is 12.9. The summed E-state index contributed by atoms with van der Waals surface area (Å²) in [6, 6.07) is 2.53. The second-order valence-corrected chi connectivity index (χ2v) is 5.21. The Morgan fingerprint density at radius 3 is 2.62 bits per heavy atom. The van der Waals surface area contributed by atoms with Crippen molar-refractivity contribution in [3.05, 3.63) is 18.0 Å². The molecule has 2 amide bonds. The van der Waals surface area contributed by atoms with Crippen molar-refractivity contribution in [2.75, 3.05) is 10.6 Å². The number of rotatable bonds is 3. The molecule has 0 fully saturated rings. The summed E-state index contributed by atoms with van der Waals surface area (Å²) < 4.78 is 34.8. The van der Waals surface area contributed by atoms with Crippen LogP contribution in [0.3, 0.4) is 0 Å². The molecule has 1 aromatic carbocycles. The molecule has 0 saturated heterocycles. The molecule has 134 valence electrons. The number of amides is 2. The van der Waals surface area contributed by atoms with Crippen LogP contribution in [0.15, 0.2) is 12.1 Å². The van der Waals surface area contributed by atoms with Gasteiger partial charge in [-0.1, -0.05) is 0 Å². The molecule has 3 aromatic rings. The maximum Gasteiger partial charge on any atom is 0.586 e. The average Bonchev–Trinajstić information content (AvgIpc) is 3.19. The molecule has 0 radical (unpaired) electrons. The van der Waals surface area contributed by atoms with Gasteiger partial charge in [-0.2, -0.15) is 4.98 Å². The number of aromatic nitrogens is 5. The third kappa shape index (κ3) is 2.85. The number of halogens is 2. The number of nitrogens with zero attached hydrogens (tertiary/aromatic N) is 3. The van der Waals surface area contributed by atoms with E-state index in [4.69, 9.17) is 0 Å². The molecule has 0 unspecified atom stereocenters. The van der Waals surface area contributed by atoms with E-state index in [0.717, 1.165) is 0 Å². The third-order valence-electron chi connectivity index (χ3n) is 3.23. The molecule has 13 heteroatoms. The summed E-state index contributed by atoms with van der Waals surface area (Å²) >= 11 is 0. The minimum absolute atomic E-state index is 0.0397. The van der Waals surface area contributed by atoms with Gasteiger partial charge in [0.15, 0.2) is 11.5 Å². The summed E-state index contributed by atoms with van der Waals surface area (Å²) in [5.74, 6) is -1.57. The van der Waals surface area contributed by atoms with Gasteiger partial charge < -0.3 is 14.5 Å². The maximum absolute atomic E-state index is 13.0. The number of aromatic amines is 2. The lowest BCUT2D eigenvalue weighted by Gasteiger charge is -2.04. The van der Waals surface area contributed by atoms with Gasteiger partial charge in [-0.15, -0.1) is 13.9 Å². The zero-order valence-corrected chi connectivity index (χ0v) is 12.9. The van der Waals surface area contributed by atoms with E-state index >= 15 is 0 Å². The number of carbonyl (C=O) groups excluding carboxylic acids is 2. The largest absolute Gasteiger partial charge is 0.586 e. The number of alkyl halides is 2. The fourth-order valence-corrected chi connectivity index (χ4v) is 2.26. The van der Waals surface area contributed by atoms with E-state index in [1.807, 2.05) is 0 Å². The first-order valence-electron chi connectivity index (χ1n) is 7.10. The first-order valence-corrected chi connectivity index (χ1v) is 7.10. The molecule has 4 N–H and O–H groups in total. The number of anilines is 2. The topological polar surface area (TPSA) is 147 Å². The SMILES string of the molecule is CC(=O)Nc1n[nH]c(C(=O)Nc2nc3cc4c(cc3[nH]2)OC(F)(F)O4)n1. The quantitative estimate of drug-likeness (QED) is 0.545. The highest BCUT2D eigenvalue weighted by Crippen LogP contribution is 2.42. The number of nitrogens with one attached hydrogen (secondary N) is 4. The van der Waals surface area contributed by atoms with Crippen molar-refractivity contribution in [3.63, 3.8) is 0 Å². The normalized spacial score (nSPS) is 14.4. The van der Waals surface area contributed by atoms with E-state index in [2.05, 4.69) is 45.3 Å². The number of benzene rings is 1. The molecule has 26 heavy (non-hydrogen) atoms. The highest BCUT2D eigenvalue weighted by Gasteiger charge is 2.43. The highest BCUT2D eigenvalue weighted by molar-refractivity contribution is 6.01. The van der Waals surface area contributed by atoms with Crippen LogP contribution in [0.2, 0.25) is 0 Å². The fourth-order valence-electron chi connectivity index (χ4n) is 2.26. The average molecular weight is 365 g/mol. The Morgan fingerprint density at radius 2 is 1.88 bits per heavy atom. The molecule has 4 rings (SSSR count). The Morgan fingerprint density at radius 1 is 1.15 bits per heavy atom. The van der Waals surface area contributed by atoms with Gasteiger partial charge in [0.05, 0.1) is 11.0 Å². The number of fused-ring (bicyclic) bond motifs is 2. The standard InChI is InChI=1S/C13H9F2N7O4/c1-4(23)16-12-19-9(21-22-12)10(24)20-11-17-5-2-7-8(3-6(5)18-11)26-13(14,15)25-7/h2-3H,1H3,(H2,17,18,20,24)(H2,16,19,21,22,23). The summed E-state index contributed by atoms with van der Waals surface area (Å²) in [6.07, 6.45) is -3.73. The first kappa shape index (κ1) is 15.7. The maximum atomic E-state index is 13.0. The van der Waals surface area contributed by atoms with E-state index in [1.165, 1.54) is 19.1 Å². The molecular weight excluding hydrogens is 356 g/mol. The molecule has 2 aromatic heterocycles. The monoisotopic (exact) mass is 365 g/mol. The van der Waals surface area contributed by atoms with Crippen molar-refractivity contribution >= 4 is 34.7 Å². The van der Waals surface area contributed by atoms with Crippen LogP contribution in [0, 0.1) is 0 Å². The number of hydrogen-bond acceptors (Lipinski definition) is 7. The predicted molar refractivity (Wildman–Crippen MR) is 80.9 cm³/mol. The Kier molecular flexibility index (Phi) is 3.25. The van der Waals surface area contributed by atoms with Crippen LogP contribution < -0.4 is 20.1 Å². The van der Waals surface area contributed by atoms with Crippen molar-refractivity contribution in [1.29, 1.82) is 0 Å². The Hall–Kier alpha value is -3.77. The Labute approximate surface area is 142 Å². The van der Waals surface area contributed by atoms with Gasteiger partial charge in [0, 0.05) is 19.1 Å². The highest BCUT2D eigenvalue weighted by atomic mass is 19.3. The summed E-state index contributed by atoms with van der Waals surface area (Å²) in [6.45, 7) is 1.27. The molecule has 1 aliphatic rings. The Bertz CT molecular complexity index is 999. The van der Waals surface area contributed by atoms with Crippen LogP contribution in [0.25, 0.3) is 11.0 Å². The van der Waals surface area contributed by atoms with E-state index in [1.54, 1.807) is 0 Å². The van der Waals surface area contributed by atoms with Crippen LogP contribution in [0.4, 0.5) is 20.7 Å². The van der Waals surface area contributed by atoms with E-state index in [0.29, 0.717) is 5.52 Å². The number of H-pyrrole nitrogens is 2. The van der Waals surface area contributed by atoms with Gasteiger partial charge in [-0.25, -0.2) is 4.98 Å². The predicted octanol–water partition coefficient (Wildman–Crippen LogP) is 1.21. The molecule has 0 bridgehead atoms. The van der Waals surface area contributed by atoms with E-state index in [9.17, 15) is 18.4 Å². The molecule has 0 saturated carbocycles. The molecule has 3 heterocycles. The second-order valence-electron chi connectivity index (χ2n) is 5.21. The first-order chi connectivity index (χ1) is 12.3. The second kappa shape index (κ2) is 5.37. The number of ether oxygens (including phenoxy) is 2. The summed E-state index contributed by atoms with van der Waals surface area (Å²) in [5, 5.41) is 10.7. The Balaban J connectivity index is 1.54. The molecule has 1 aliphatic heterocycles. The van der Waals surface area contributed by atoms with E-state index < -0.39 is 18.1 Å². The number of carbonyl (C=O) groups is 2. The molecule has 0 aliphatic carbocycles. The van der Waals surface area contributed by atoms with Gasteiger partial charge in [0.25, 0.3) is 5.91 Å². The van der Waals surface area contributed by atoms with Crippen LogP contribution >= 0.6 is 0 Å². The van der Waals surface area contributed by atoms with Gasteiger partial charge in [0.1, 0.15) is 0 Å². The molecular formula is C13H9F2N7O4. The summed E-state index contributed by atoms with van der Waals surface area (Å²) in [7, 11) is 0. The molecule has 0 spiro atoms. The van der Waals surface area contributed by atoms with Gasteiger partial charge in [-0.05, 0) is 0 Å². The van der Waals surface area contributed by atoms with Gasteiger partial charge in [-0.3, -0.25) is 25.3 Å².